The summed E-state index contributed by atoms with van der Waals surface area (Å²) in [6, 6.07) is 5.76. The zero-order valence-corrected chi connectivity index (χ0v) is 7.28. The number of fused-ring (bicyclic) bond motifs is 1. The molecule has 0 spiro atoms. The van der Waals surface area contributed by atoms with Gasteiger partial charge in [-0.1, -0.05) is 23.7 Å². The SMILES string of the molecule is Sc1c[nH]c2c(Cl)cccc12. The largest absolute Gasteiger partial charge is 0.359 e. The maximum atomic E-state index is 5.91. The van der Waals surface area contributed by atoms with Crippen molar-refractivity contribution in [1.82, 2.24) is 4.98 Å². The van der Waals surface area contributed by atoms with Crippen LogP contribution >= 0.6 is 24.2 Å². The molecule has 3 heteroatoms. The number of hydrogen-bond donors (Lipinski definition) is 2. The number of H-pyrrole nitrogens is 1. The fraction of sp³-hybridized carbons (Fsp3) is 0. The predicted molar refractivity (Wildman–Crippen MR) is 50.6 cm³/mol. The first kappa shape index (κ1) is 7.07. The molecule has 0 unspecified atom stereocenters. The van der Waals surface area contributed by atoms with Gasteiger partial charge >= 0.3 is 0 Å². The minimum Gasteiger partial charge on any atom is -0.359 e. The Morgan fingerprint density at radius 2 is 2.18 bits per heavy atom. The Bertz CT molecular complexity index is 394. The molecule has 0 aliphatic rings. The van der Waals surface area contributed by atoms with Crippen molar-refractivity contribution >= 4 is 35.1 Å². The molecule has 1 N–H and O–H groups in total. The molecule has 2 aromatic rings. The highest BCUT2D eigenvalue weighted by atomic mass is 35.5. The minimum absolute atomic E-state index is 0.739. The van der Waals surface area contributed by atoms with Crippen molar-refractivity contribution in [2.75, 3.05) is 0 Å². The standard InChI is InChI=1S/C8H6ClNS/c9-6-3-1-2-5-7(11)4-10-8(5)6/h1-4,10-11H. The van der Waals surface area contributed by atoms with E-state index in [1.807, 2.05) is 24.4 Å². The molecular formula is C8H6ClNS. The Balaban J connectivity index is 2.94. The molecule has 56 valence electrons. The van der Waals surface area contributed by atoms with Crippen LogP contribution in [0.2, 0.25) is 5.02 Å². The summed E-state index contributed by atoms with van der Waals surface area (Å²) in [5, 5.41) is 1.81. The molecule has 11 heavy (non-hydrogen) atoms. The van der Waals surface area contributed by atoms with Gasteiger partial charge < -0.3 is 4.98 Å². The van der Waals surface area contributed by atoms with Gasteiger partial charge in [-0.15, -0.1) is 12.6 Å². The van der Waals surface area contributed by atoms with Crippen molar-refractivity contribution in [3.05, 3.63) is 29.4 Å². The van der Waals surface area contributed by atoms with Crippen LogP contribution in [0.5, 0.6) is 0 Å². The van der Waals surface area contributed by atoms with Gasteiger partial charge in [-0.2, -0.15) is 0 Å². The van der Waals surface area contributed by atoms with Gasteiger partial charge in [0.05, 0.1) is 10.5 Å². The zero-order valence-electron chi connectivity index (χ0n) is 5.63. The summed E-state index contributed by atoms with van der Waals surface area (Å²) in [6.45, 7) is 0. The normalized spacial score (nSPS) is 10.7. The van der Waals surface area contributed by atoms with Crippen LogP contribution in [-0.2, 0) is 0 Å². The smallest absolute Gasteiger partial charge is 0.0654 e. The second-order valence-corrected chi connectivity index (χ2v) is 3.23. The van der Waals surface area contributed by atoms with Gasteiger partial charge in [0.1, 0.15) is 0 Å². The van der Waals surface area contributed by atoms with Crippen molar-refractivity contribution in [1.29, 1.82) is 0 Å². The Hall–Kier alpha value is -0.600. The van der Waals surface area contributed by atoms with Crippen molar-refractivity contribution in [2.45, 2.75) is 4.90 Å². The van der Waals surface area contributed by atoms with E-state index in [-0.39, 0.29) is 0 Å². The summed E-state index contributed by atoms with van der Waals surface area (Å²) >= 11 is 10.2. The van der Waals surface area contributed by atoms with Gasteiger partial charge in [0.2, 0.25) is 0 Å². The third-order valence-electron chi connectivity index (χ3n) is 1.64. The van der Waals surface area contributed by atoms with Crippen LogP contribution in [0.25, 0.3) is 10.9 Å². The molecule has 1 heterocycles. The fourth-order valence-corrected chi connectivity index (χ4v) is 1.58. The highest BCUT2D eigenvalue weighted by Gasteiger charge is 2.01. The maximum absolute atomic E-state index is 5.91. The quantitative estimate of drug-likeness (QED) is 0.584. The van der Waals surface area contributed by atoms with Crippen molar-refractivity contribution in [3.8, 4) is 0 Å². The van der Waals surface area contributed by atoms with E-state index >= 15 is 0 Å². The maximum Gasteiger partial charge on any atom is 0.0654 e. The summed E-state index contributed by atoms with van der Waals surface area (Å²) in [5.74, 6) is 0. The van der Waals surface area contributed by atoms with Crippen molar-refractivity contribution < 1.29 is 0 Å². The van der Waals surface area contributed by atoms with Gasteiger partial charge in [-0.25, -0.2) is 0 Å². The Labute approximate surface area is 74.8 Å². The number of aromatic nitrogens is 1. The molecule has 2 rings (SSSR count). The highest BCUT2D eigenvalue weighted by molar-refractivity contribution is 7.80. The average Bonchev–Trinajstić information content (AvgIpc) is 2.35. The third kappa shape index (κ3) is 1.03. The molecule has 0 amide bonds. The van der Waals surface area contributed by atoms with Gasteiger partial charge in [0.25, 0.3) is 0 Å². The first-order valence-electron chi connectivity index (χ1n) is 3.23. The molecule has 0 aliphatic heterocycles. The van der Waals surface area contributed by atoms with E-state index in [1.54, 1.807) is 0 Å². The van der Waals surface area contributed by atoms with Crippen LogP contribution < -0.4 is 0 Å². The number of rotatable bonds is 0. The second-order valence-electron chi connectivity index (χ2n) is 2.34. The van der Waals surface area contributed by atoms with Gasteiger partial charge in [-0.3, -0.25) is 0 Å². The van der Waals surface area contributed by atoms with E-state index in [4.69, 9.17) is 11.6 Å². The lowest BCUT2D eigenvalue weighted by molar-refractivity contribution is 1.42. The molecule has 1 nitrogen and oxygen atoms in total. The Morgan fingerprint density at radius 3 is 2.91 bits per heavy atom. The molecule has 0 bridgehead atoms. The summed E-state index contributed by atoms with van der Waals surface area (Å²) in [6.07, 6.45) is 1.83. The van der Waals surface area contributed by atoms with Gasteiger partial charge in [0, 0.05) is 16.5 Å². The molecule has 1 aromatic carbocycles. The average molecular weight is 184 g/mol. The summed E-state index contributed by atoms with van der Waals surface area (Å²) in [4.78, 5) is 3.98. The molecule has 0 atom stereocenters. The van der Waals surface area contributed by atoms with Gasteiger partial charge in [0.15, 0.2) is 0 Å². The van der Waals surface area contributed by atoms with Crippen molar-refractivity contribution in [3.63, 3.8) is 0 Å². The first-order valence-corrected chi connectivity index (χ1v) is 4.06. The van der Waals surface area contributed by atoms with E-state index in [0.717, 1.165) is 20.8 Å². The first-order chi connectivity index (χ1) is 5.29. The molecule has 0 aliphatic carbocycles. The predicted octanol–water partition coefficient (Wildman–Crippen LogP) is 3.11. The number of benzene rings is 1. The Morgan fingerprint density at radius 1 is 1.36 bits per heavy atom. The number of thiol groups is 1. The molecule has 1 aromatic heterocycles. The van der Waals surface area contributed by atoms with E-state index in [0.29, 0.717) is 0 Å². The number of halogens is 1. The number of hydrogen-bond acceptors (Lipinski definition) is 1. The lowest BCUT2D eigenvalue weighted by atomic mass is 10.2. The monoisotopic (exact) mass is 183 g/mol. The molecule has 0 fully saturated rings. The molecular weight excluding hydrogens is 178 g/mol. The van der Waals surface area contributed by atoms with Crippen LogP contribution in [0.15, 0.2) is 29.3 Å². The summed E-state index contributed by atoms with van der Waals surface area (Å²) in [7, 11) is 0. The number of nitrogens with one attached hydrogen (secondary N) is 1. The second kappa shape index (κ2) is 2.47. The number of para-hydroxylation sites is 1. The summed E-state index contributed by atoms with van der Waals surface area (Å²) in [5.41, 5.74) is 0.958. The molecule has 0 radical (unpaired) electrons. The molecule has 0 saturated carbocycles. The lowest BCUT2D eigenvalue weighted by Crippen LogP contribution is -1.68. The van der Waals surface area contributed by atoms with E-state index in [1.165, 1.54) is 0 Å². The molecule has 0 saturated heterocycles. The number of aromatic amines is 1. The van der Waals surface area contributed by atoms with Gasteiger partial charge in [-0.05, 0) is 6.07 Å². The van der Waals surface area contributed by atoms with Crippen LogP contribution in [-0.4, -0.2) is 4.98 Å². The van der Waals surface area contributed by atoms with Crippen LogP contribution in [0.1, 0.15) is 0 Å². The van der Waals surface area contributed by atoms with Crippen LogP contribution in [0.3, 0.4) is 0 Å². The topological polar surface area (TPSA) is 15.8 Å². The van der Waals surface area contributed by atoms with Crippen LogP contribution in [0.4, 0.5) is 0 Å². The third-order valence-corrected chi connectivity index (χ3v) is 2.33. The highest BCUT2D eigenvalue weighted by Crippen LogP contribution is 2.26. The fourth-order valence-electron chi connectivity index (χ4n) is 1.10. The minimum atomic E-state index is 0.739. The Kier molecular flexibility index (Phi) is 1.59. The van der Waals surface area contributed by atoms with Crippen molar-refractivity contribution in [2.24, 2.45) is 0 Å². The van der Waals surface area contributed by atoms with E-state index in [2.05, 4.69) is 17.6 Å². The van der Waals surface area contributed by atoms with E-state index < -0.39 is 0 Å². The summed E-state index contributed by atoms with van der Waals surface area (Å²) < 4.78 is 0. The zero-order chi connectivity index (χ0) is 7.84. The van der Waals surface area contributed by atoms with E-state index in [9.17, 15) is 0 Å². The lowest BCUT2D eigenvalue weighted by Gasteiger charge is -1.91. The van der Waals surface area contributed by atoms with Crippen LogP contribution in [0, 0.1) is 0 Å².